The summed E-state index contributed by atoms with van der Waals surface area (Å²) in [7, 11) is 0. The Morgan fingerprint density at radius 1 is 1.24 bits per heavy atom. The van der Waals surface area contributed by atoms with E-state index in [1.807, 2.05) is 6.07 Å². The van der Waals surface area contributed by atoms with Crippen LogP contribution in [0.1, 0.15) is 51.4 Å². The minimum absolute atomic E-state index is 0.0365. The average Bonchev–Trinajstić information content (AvgIpc) is 2.52. The molecule has 0 atom stereocenters. The molecule has 1 saturated carbocycles. The van der Waals surface area contributed by atoms with Crippen LogP contribution in [0.3, 0.4) is 0 Å². The van der Waals surface area contributed by atoms with Gasteiger partial charge in [-0.2, -0.15) is 0 Å². The van der Waals surface area contributed by atoms with Gasteiger partial charge >= 0.3 is 0 Å². The molecule has 116 valence electrons. The molecule has 1 amide bonds. The van der Waals surface area contributed by atoms with Crippen molar-refractivity contribution in [2.75, 3.05) is 6.54 Å². The number of aryl methyl sites for hydroxylation is 1. The molecule has 1 aliphatic rings. The third-order valence-corrected chi connectivity index (χ3v) is 4.31. The lowest BCUT2D eigenvalue weighted by atomic mass is 9.86. The first-order chi connectivity index (χ1) is 10.3. The van der Waals surface area contributed by atoms with Gasteiger partial charge < -0.3 is 9.88 Å². The number of hydrogen-bond donors (Lipinski definition) is 1. The maximum absolute atomic E-state index is 11.8. The number of carbonyl (C=O) groups excluding carboxylic acids is 1. The third-order valence-electron chi connectivity index (χ3n) is 4.31. The molecule has 1 aromatic rings. The first kappa shape index (κ1) is 15.8. The monoisotopic (exact) mass is 290 g/mol. The molecule has 0 aliphatic heterocycles. The van der Waals surface area contributed by atoms with Gasteiger partial charge in [0.2, 0.25) is 5.91 Å². The van der Waals surface area contributed by atoms with E-state index in [4.69, 9.17) is 0 Å². The van der Waals surface area contributed by atoms with Gasteiger partial charge in [-0.3, -0.25) is 9.59 Å². The summed E-state index contributed by atoms with van der Waals surface area (Å²) in [5.41, 5.74) is -0.0531. The lowest BCUT2D eigenvalue weighted by molar-refractivity contribution is -0.121. The van der Waals surface area contributed by atoms with Gasteiger partial charge in [-0.15, -0.1) is 0 Å². The highest BCUT2D eigenvalue weighted by molar-refractivity contribution is 5.75. The molecule has 1 N–H and O–H groups in total. The number of rotatable bonds is 7. The molecule has 0 unspecified atom stereocenters. The second-order valence-electron chi connectivity index (χ2n) is 5.98. The van der Waals surface area contributed by atoms with Crippen LogP contribution >= 0.6 is 0 Å². The molecule has 0 aromatic carbocycles. The van der Waals surface area contributed by atoms with Gasteiger partial charge in [0.15, 0.2) is 0 Å². The minimum Gasteiger partial charge on any atom is -0.356 e. The molecular formula is C17H26N2O2. The molecule has 1 aromatic heterocycles. The average molecular weight is 290 g/mol. The smallest absolute Gasteiger partial charge is 0.250 e. The summed E-state index contributed by atoms with van der Waals surface area (Å²) < 4.78 is 1.57. The molecule has 0 bridgehead atoms. The summed E-state index contributed by atoms with van der Waals surface area (Å²) in [6.45, 7) is 1.22. The molecule has 1 fully saturated rings. The number of hydrogen-bond acceptors (Lipinski definition) is 2. The first-order valence-electron chi connectivity index (χ1n) is 8.18. The summed E-state index contributed by atoms with van der Waals surface area (Å²) in [6.07, 6.45) is 11.3. The third kappa shape index (κ3) is 5.74. The van der Waals surface area contributed by atoms with E-state index in [0.717, 1.165) is 18.9 Å². The zero-order valence-corrected chi connectivity index (χ0v) is 12.7. The van der Waals surface area contributed by atoms with Crippen molar-refractivity contribution in [2.45, 2.75) is 57.9 Å². The highest BCUT2D eigenvalue weighted by Crippen LogP contribution is 2.26. The Hall–Kier alpha value is -1.58. The maximum atomic E-state index is 11.8. The fraction of sp³-hybridized carbons (Fsp3) is 0.647. The van der Waals surface area contributed by atoms with Gasteiger partial charge in [0.25, 0.3) is 5.56 Å². The molecule has 21 heavy (non-hydrogen) atoms. The molecular weight excluding hydrogens is 264 g/mol. The van der Waals surface area contributed by atoms with E-state index in [-0.39, 0.29) is 11.5 Å². The number of nitrogens with zero attached hydrogens (tertiary/aromatic N) is 1. The van der Waals surface area contributed by atoms with Crippen molar-refractivity contribution >= 4 is 5.91 Å². The zero-order valence-electron chi connectivity index (χ0n) is 12.7. The summed E-state index contributed by atoms with van der Waals surface area (Å²) >= 11 is 0. The lowest BCUT2D eigenvalue weighted by Crippen LogP contribution is -2.27. The molecule has 0 spiro atoms. The normalized spacial score (nSPS) is 15.8. The van der Waals surface area contributed by atoms with Gasteiger partial charge in [-0.05, 0) is 24.8 Å². The molecule has 1 heterocycles. The van der Waals surface area contributed by atoms with E-state index in [1.165, 1.54) is 44.6 Å². The summed E-state index contributed by atoms with van der Waals surface area (Å²) in [6, 6.07) is 5.04. The Morgan fingerprint density at radius 3 is 2.81 bits per heavy atom. The second-order valence-corrected chi connectivity index (χ2v) is 5.98. The van der Waals surface area contributed by atoms with E-state index < -0.39 is 0 Å². The Bertz CT molecular complexity index is 490. The van der Waals surface area contributed by atoms with Crippen molar-refractivity contribution in [3.63, 3.8) is 0 Å². The SMILES string of the molecule is O=C(CCn1ccccc1=O)NCCCC1CCCCC1. The van der Waals surface area contributed by atoms with Gasteiger partial charge in [-0.1, -0.05) is 38.2 Å². The van der Waals surface area contributed by atoms with Crippen molar-refractivity contribution < 1.29 is 4.79 Å². The van der Waals surface area contributed by atoms with Crippen molar-refractivity contribution in [2.24, 2.45) is 5.92 Å². The highest BCUT2D eigenvalue weighted by Gasteiger charge is 2.12. The van der Waals surface area contributed by atoms with Crippen LogP contribution in [0, 0.1) is 5.92 Å². The van der Waals surface area contributed by atoms with E-state index in [2.05, 4.69) is 5.32 Å². The van der Waals surface area contributed by atoms with Crippen LogP contribution in [0.25, 0.3) is 0 Å². The molecule has 1 aliphatic carbocycles. The summed E-state index contributed by atoms with van der Waals surface area (Å²) in [4.78, 5) is 23.3. The van der Waals surface area contributed by atoms with Crippen molar-refractivity contribution in [1.29, 1.82) is 0 Å². The summed E-state index contributed by atoms with van der Waals surface area (Å²) in [5, 5.41) is 2.96. The number of carbonyl (C=O) groups is 1. The van der Waals surface area contributed by atoms with E-state index >= 15 is 0 Å². The Morgan fingerprint density at radius 2 is 2.05 bits per heavy atom. The van der Waals surface area contributed by atoms with Crippen LogP contribution < -0.4 is 10.9 Å². The van der Waals surface area contributed by atoms with Crippen LogP contribution in [0.15, 0.2) is 29.2 Å². The van der Waals surface area contributed by atoms with E-state index in [0.29, 0.717) is 13.0 Å². The standard InChI is InChI=1S/C17H26N2O2/c20-16(11-14-19-13-5-4-10-17(19)21)18-12-6-9-15-7-2-1-3-8-15/h4-5,10,13,15H,1-3,6-9,11-12,14H2,(H,18,20). The Labute approximate surface area is 126 Å². The largest absolute Gasteiger partial charge is 0.356 e. The van der Waals surface area contributed by atoms with Crippen molar-refractivity contribution in [3.8, 4) is 0 Å². The predicted octanol–water partition coefficient (Wildman–Crippen LogP) is 2.72. The van der Waals surface area contributed by atoms with Crippen molar-refractivity contribution in [3.05, 3.63) is 34.7 Å². The van der Waals surface area contributed by atoms with Crippen LogP contribution in [0.4, 0.5) is 0 Å². The topological polar surface area (TPSA) is 51.1 Å². The van der Waals surface area contributed by atoms with Gasteiger partial charge in [0.05, 0.1) is 0 Å². The quantitative estimate of drug-likeness (QED) is 0.785. The fourth-order valence-corrected chi connectivity index (χ4v) is 3.05. The fourth-order valence-electron chi connectivity index (χ4n) is 3.05. The molecule has 0 radical (unpaired) electrons. The number of amides is 1. The van der Waals surface area contributed by atoms with Crippen LogP contribution in [0.2, 0.25) is 0 Å². The minimum atomic E-state index is -0.0531. The zero-order chi connectivity index (χ0) is 14.9. The first-order valence-corrected chi connectivity index (χ1v) is 8.18. The summed E-state index contributed by atoms with van der Waals surface area (Å²) in [5.74, 6) is 0.910. The van der Waals surface area contributed by atoms with Gasteiger partial charge in [0, 0.05) is 31.8 Å². The van der Waals surface area contributed by atoms with E-state index in [1.54, 1.807) is 16.8 Å². The Kier molecular flexibility index (Phi) is 6.51. The van der Waals surface area contributed by atoms with Gasteiger partial charge in [0.1, 0.15) is 0 Å². The van der Waals surface area contributed by atoms with Crippen LogP contribution in [-0.4, -0.2) is 17.0 Å². The highest BCUT2D eigenvalue weighted by atomic mass is 16.1. The van der Waals surface area contributed by atoms with Crippen LogP contribution in [-0.2, 0) is 11.3 Å². The van der Waals surface area contributed by atoms with Gasteiger partial charge in [-0.25, -0.2) is 0 Å². The number of pyridine rings is 1. The van der Waals surface area contributed by atoms with E-state index in [9.17, 15) is 9.59 Å². The van der Waals surface area contributed by atoms with Crippen LogP contribution in [0.5, 0.6) is 0 Å². The molecule has 0 saturated heterocycles. The molecule has 4 heteroatoms. The number of nitrogens with one attached hydrogen (secondary N) is 1. The Balaban J connectivity index is 1.57. The van der Waals surface area contributed by atoms with Crippen molar-refractivity contribution in [1.82, 2.24) is 9.88 Å². The predicted molar refractivity (Wildman–Crippen MR) is 84.1 cm³/mol. The second kappa shape index (κ2) is 8.65. The molecule has 4 nitrogen and oxygen atoms in total. The lowest BCUT2D eigenvalue weighted by Gasteiger charge is -2.21. The number of aromatic nitrogens is 1. The maximum Gasteiger partial charge on any atom is 0.250 e. The molecule has 2 rings (SSSR count).